The van der Waals surface area contributed by atoms with E-state index in [9.17, 15) is 9.90 Å². The fraction of sp³-hybridized carbons (Fsp3) is 0.312. The van der Waals surface area contributed by atoms with Gasteiger partial charge in [0.15, 0.2) is 0 Å². The van der Waals surface area contributed by atoms with E-state index in [4.69, 9.17) is 0 Å². The van der Waals surface area contributed by atoms with Crippen molar-refractivity contribution in [3.63, 3.8) is 0 Å². The van der Waals surface area contributed by atoms with Crippen LogP contribution in [0.5, 0.6) is 5.75 Å². The number of fused-ring (bicyclic) bond motifs is 1. The van der Waals surface area contributed by atoms with Crippen molar-refractivity contribution in [1.82, 2.24) is 5.32 Å². The fourth-order valence-electron chi connectivity index (χ4n) is 2.30. The van der Waals surface area contributed by atoms with Crippen LogP contribution in [-0.4, -0.2) is 17.6 Å². The van der Waals surface area contributed by atoms with Crippen LogP contribution >= 0.6 is 0 Å². The molecule has 0 atom stereocenters. The van der Waals surface area contributed by atoms with Gasteiger partial charge in [-0.05, 0) is 47.2 Å². The average molecular weight is 255 g/mol. The van der Waals surface area contributed by atoms with E-state index in [1.54, 1.807) is 12.1 Å². The third-order valence-electron chi connectivity index (χ3n) is 3.59. The molecule has 3 rings (SSSR count). The minimum absolute atomic E-state index is 0.0581. The van der Waals surface area contributed by atoms with Gasteiger partial charge >= 0.3 is 0 Å². The van der Waals surface area contributed by atoms with Crippen molar-refractivity contribution in [2.75, 3.05) is 6.54 Å². The maximum atomic E-state index is 11.9. The lowest BCUT2D eigenvalue weighted by atomic mass is 10.0. The quantitative estimate of drug-likeness (QED) is 0.882. The Bertz CT molecular complexity index is 617. The van der Waals surface area contributed by atoms with Gasteiger partial charge in [0, 0.05) is 6.54 Å². The highest BCUT2D eigenvalue weighted by Gasteiger charge is 2.21. The molecule has 1 aliphatic carbocycles. The standard InChI is InChI=1S/C16H17NO2/c18-14-7-6-12-2-1-3-13(15(12)9-14)8-16(19)17-10-11-4-5-11/h1-3,6-7,9,11,18H,4-5,8,10H2,(H,17,19). The fourth-order valence-corrected chi connectivity index (χ4v) is 2.30. The molecule has 0 spiro atoms. The second kappa shape index (κ2) is 4.92. The molecular weight excluding hydrogens is 238 g/mol. The van der Waals surface area contributed by atoms with Crippen molar-refractivity contribution in [3.05, 3.63) is 42.0 Å². The molecule has 2 N–H and O–H groups in total. The largest absolute Gasteiger partial charge is 0.508 e. The van der Waals surface area contributed by atoms with E-state index < -0.39 is 0 Å². The number of aromatic hydroxyl groups is 1. The Kier molecular flexibility index (Phi) is 3.11. The first kappa shape index (κ1) is 12.0. The predicted octanol–water partition coefficient (Wildman–Crippen LogP) is 2.61. The zero-order chi connectivity index (χ0) is 13.2. The summed E-state index contributed by atoms with van der Waals surface area (Å²) in [5.41, 5.74) is 0.960. The van der Waals surface area contributed by atoms with Crippen molar-refractivity contribution in [1.29, 1.82) is 0 Å². The molecule has 0 bridgehead atoms. The van der Waals surface area contributed by atoms with Gasteiger partial charge < -0.3 is 10.4 Å². The van der Waals surface area contributed by atoms with Gasteiger partial charge in [-0.3, -0.25) is 4.79 Å². The van der Waals surface area contributed by atoms with Crippen molar-refractivity contribution in [3.8, 4) is 5.75 Å². The van der Waals surface area contributed by atoms with E-state index in [2.05, 4.69) is 5.32 Å². The molecule has 1 fully saturated rings. The molecule has 2 aromatic carbocycles. The van der Waals surface area contributed by atoms with Crippen LogP contribution in [0.2, 0.25) is 0 Å². The van der Waals surface area contributed by atoms with E-state index in [0.717, 1.165) is 22.9 Å². The predicted molar refractivity (Wildman–Crippen MR) is 75.1 cm³/mol. The number of phenols is 1. The van der Waals surface area contributed by atoms with E-state index in [1.807, 2.05) is 24.3 Å². The molecule has 0 radical (unpaired) electrons. The number of benzene rings is 2. The van der Waals surface area contributed by atoms with Crippen LogP contribution in [0.4, 0.5) is 0 Å². The third-order valence-corrected chi connectivity index (χ3v) is 3.59. The average Bonchev–Trinajstić information content (AvgIpc) is 3.21. The molecular formula is C16H17NO2. The lowest BCUT2D eigenvalue weighted by Gasteiger charge is -2.08. The number of phenolic OH excluding ortho intramolecular Hbond substituents is 1. The normalized spacial score (nSPS) is 14.5. The third kappa shape index (κ3) is 2.87. The summed E-state index contributed by atoms with van der Waals surface area (Å²) in [5.74, 6) is 0.988. The molecule has 1 amide bonds. The van der Waals surface area contributed by atoms with E-state index >= 15 is 0 Å². The molecule has 3 heteroatoms. The summed E-state index contributed by atoms with van der Waals surface area (Å²) >= 11 is 0. The summed E-state index contributed by atoms with van der Waals surface area (Å²) in [5, 5.41) is 14.5. The van der Waals surface area contributed by atoms with Crippen LogP contribution in [-0.2, 0) is 11.2 Å². The highest BCUT2D eigenvalue weighted by molar-refractivity contribution is 5.91. The van der Waals surface area contributed by atoms with Crippen LogP contribution in [0.1, 0.15) is 18.4 Å². The molecule has 3 nitrogen and oxygen atoms in total. The molecule has 0 heterocycles. The molecule has 0 saturated heterocycles. The lowest BCUT2D eigenvalue weighted by molar-refractivity contribution is -0.120. The number of carbonyl (C=O) groups excluding carboxylic acids is 1. The van der Waals surface area contributed by atoms with Gasteiger partial charge in [0.25, 0.3) is 0 Å². The van der Waals surface area contributed by atoms with Gasteiger partial charge in [-0.1, -0.05) is 24.3 Å². The van der Waals surface area contributed by atoms with E-state index in [1.165, 1.54) is 12.8 Å². The Labute approximate surface area is 112 Å². The van der Waals surface area contributed by atoms with Crippen molar-refractivity contribution in [2.45, 2.75) is 19.3 Å². The van der Waals surface area contributed by atoms with Crippen LogP contribution < -0.4 is 5.32 Å². The number of amides is 1. The van der Waals surface area contributed by atoms with Gasteiger partial charge in [0.2, 0.25) is 5.91 Å². The summed E-state index contributed by atoms with van der Waals surface area (Å²) in [6.07, 6.45) is 2.85. The summed E-state index contributed by atoms with van der Waals surface area (Å²) in [7, 11) is 0. The minimum Gasteiger partial charge on any atom is -0.508 e. The summed E-state index contributed by atoms with van der Waals surface area (Å²) < 4.78 is 0. The second-order valence-corrected chi connectivity index (χ2v) is 5.25. The monoisotopic (exact) mass is 255 g/mol. The smallest absolute Gasteiger partial charge is 0.224 e. The summed E-state index contributed by atoms with van der Waals surface area (Å²) in [6, 6.07) is 11.1. The van der Waals surface area contributed by atoms with Gasteiger partial charge in [0.05, 0.1) is 6.42 Å². The van der Waals surface area contributed by atoms with Crippen LogP contribution in [0.15, 0.2) is 36.4 Å². The van der Waals surface area contributed by atoms with Crippen molar-refractivity contribution >= 4 is 16.7 Å². The van der Waals surface area contributed by atoms with Gasteiger partial charge in [-0.15, -0.1) is 0 Å². The minimum atomic E-state index is 0.0581. The Morgan fingerprint density at radius 1 is 1.26 bits per heavy atom. The first-order valence-electron chi connectivity index (χ1n) is 6.70. The molecule has 1 saturated carbocycles. The number of nitrogens with one attached hydrogen (secondary N) is 1. The zero-order valence-electron chi connectivity index (χ0n) is 10.7. The molecule has 2 aromatic rings. The Balaban J connectivity index is 1.79. The summed E-state index contributed by atoms with van der Waals surface area (Å²) in [6.45, 7) is 0.800. The summed E-state index contributed by atoms with van der Waals surface area (Å²) in [4.78, 5) is 11.9. The molecule has 0 aromatic heterocycles. The van der Waals surface area contributed by atoms with E-state index in [0.29, 0.717) is 12.3 Å². The SMILES string of the molecule is O=C(Cc1cccc2ccc(O)cc12)NCC1CC1. The van der Waals surface area contributed by atoms with Crippen molar-refractivity contribution < 1.29 is 9.90 Å². The Morgan fingerprint density at radius 3 is 2.89 bits per heavy atom. The maximum absolute atomic E-state index is 11.9. The van der Waals surface area contributed by atoms with Crippen molar-refractivity contribution in [2.24, 2.45) is 5.92 Å². The maximum Gasteiger partial charge on any atom is 0.224 e. The van der Waals surface area contributed by atoms with E-state index in [-0.39, 0.29) is 11.7 Å². The van der Waals surface area contributed by atoms with Gasteiger partial charge in [-0.2, -0.15) is 0 Å². The first-order valence-corrected chi connectivity index (χ1v) is 6.70. The molecule has 0 aliphatic heterocycles. The number of rotatable bonds is 4. The highest BCUT2D eigenvalue weighted by atomic mass is 16.3. The Morgan fingerprint density at radius 2 is 2.11 bits per heavy atom. The molecule has 19 heavy (non-hydrogen) atoms. The van der Waals surface area contributed by atoms with Gasteiger partial charge in [0.1, 0.15) is 5.75 Å². The Hall–Kier alpha value is -2.03. The number of hydrogen-bond donors (Lipinski definition) is 2. The topological polar surface area (TPSA) is 49.3 Å². The first-order chi connectivity index (χ1) is 9.22. The molecule has 1 aliphatic rings. The second-order valence-electron chi connectivity index (χ2n) is 5.25. The van der Waals surface area contributed by atoms with Gasteiger partial charge in [-0.25, -0.2) is 0 Å². The van der Waals surface area contributed by atoms with Crippen LogP contribution in [0, 0.1) is 5.92 Å². The number of carbonyl (C=O) groups is 1. The molecule has 98 valence electrons. The molecule has 0 unspecified atom stereocenters. The lowest BCUT2D eigenvalue weighted by Crippen LogP contribution is -2.27. The van der Waals surface area contributed by atoms with Crippen LogP contribution in [0.25, 0.3) is 10.8 Å². The van der Waals surface area contributed by atoms with Crippen LogP contribution in [0.3, 0.4) is 0 Å². The number of hydrogen-bond acceptors (Lipinski definition) is 2. The zero-order valence-corrected chi connectivity index (χ0v) is 10.7. The highest BCUT2D eigenvalue weighted by Crippen LogP contribution is 2.27.